The molecule has 0 aliphatic heterocycles. The average molecular weight is 206 g/mol. The van der Waals surface area contributed by atoms with Crippen LogP contribution in [0.25, 0.3) is 0 Å². The third kappa shape index (κ3) is 7.00. The molecule has 0 bridgehead atoms. The zero-order chi connectivity index (χ0) is 11.4. The first-order chi connectivity index (χ1) is 6.66. The summed E-state index contributed by atoms with van der Waals surface area (Å²) in [5.41, 5.74) is -0.667. The van der Waals surface area contributed by atoms with E-state index in [-0.39, 0.29) is 19.8 Å². The van der Waals surface area contributed by atoms with Gasteiger partial charge in [-0.3, -0.25) is 0 Å². The molecule has 0 heterocycles. The van der Waals surface area contributed by atoms with E-state index in [0.717, 1.165) is 12.7 Å². The van der Waals surface area contributed by atoms with Crippen molar-refractivity contribution in [3.63, 3.8) is 0 Å². The van der Waals surface area contributed by atoms with Crippen LogP contribution >= 0.6 is 0 Å². The predicted octanol–water partition coefficient (Wildman–Crippen LogP) is 0.345. The summed E-state index contributed by atoms with van der Waals surface area (Å²) < 4.78 is 0. The lowest BCUT2D eigenvalue weighted by Gasteiger charge is -2.24. The van der Waals surface area contributed by atoms with E-state index >= 15 is 0 Å². The van der Waals surface area contributed by atoms with Gasteiger partial charge in [0.1, 0.15) is 6.29 Å². The maximum atomic E-state index is 9.40. The quantitative estimate of drug-likeness (QED) is 0.548. The van der Waals surface area contributed by atoms with E-state index < -0.39 is 5.41 Å². The van der Waals surface area contributed by atoms with Gasteiger partial charge < -0.3 is 20.1 Å². The molecule has 0 fully saturated rings. The molecule has 0 unspecified atom stereocenters. The molecule has 0 amide bonds. The van der Waals surface area contributed by atoms with Crippen molar-refractivity contribution in [2.24, 2.45) is 5.41 Å². The summed E-state index contributed by atoms with van der Waals surface area (Å²) in [5.74, 6) is 0. The smallest absolute Gasteiger partial charge is 0.119 e. The number of carbonyl (C=O) groups excluding carboxylic acids is 1. The van der Waals surface area contributed by atoms with Crippen molar-refractivity contribution in [1.29, 1.82) is 0 Å². The van der Waals surface area contributed by atoms with Gasteiger partial charge in [-0.15, -0.1) is 0 Å². The fourth-order valence-electron chi connectivity index (χ4n) is 0.603. The van der Waals surface area contributed by atoms with Gasteiger partial charge in [0.05, 0.1) is 19.8 Å². The minimum absolute atomic E-state index is 0.156. The molecule has 0 saturated heterocycles. The van der Waals surface area contributed by atoms with E-state index in [2.05, 4.69) is 0 Å². The molecule has 0 aliphatic rings. The second kappa shape index (κ2) is 10.6. The maximum Gasteiger partial charge on any atom is 0.119 e. The van der Waals surface area contributed by atoms with Crippen LogP contribution in [0.5, 0.6) is 0 Å². The number of hydrogen-bond donors (Lipinski definition) is 3. The minimum atomic E-state index is -0.667. The lowest BCUT2D eigenvalue weighted by atomic mass is 9.88. The molecular weight excluding hydrogens is 184 g/mol. The van der Waals surface area contributed by atoms with Crippen molar-refractivity contribution in [2.75, 3.05) is 19.8 Å². The van der Waals surface area contributed by atoms with Gasteiger partial charge in [0.2, 0.25) is 0 Å². The maximum absolute atomic E-state index is 9.40. The highest BCUT2D eigenvalue weighted by Gasteiger charge is 2.24. The number of unbranched alkanes of at least 4 members (excludes halogenated alkanes) is 1. The molecule has 0 saturated carbocycles. The topological polar surface area (TPSA) is 77.8 Å². The Bertz CT molecular complexity index is 104. The van der Waals surface area contributed by atoms with Crippen LogP contribution in [-0.2, 0) is 4.79 Å². The van der Waals surface area contributed by atoms with Crippen LogP contribution in [0.2, 0.25) is 0 Å². The molecule has 3 N–H and O–H groups in total. The molecule has 0 aromatic heterocycles. The first kappa shape index (κ1) is 16.0. The van der Waals surface area contributed by atoms with Crippen LogP contribution in [-0.4, -0.2) is 41.4 Å². The summed E-state index contributed by atoms with van der Waals surface area (Å²) >= 11 is 0. The Morgan fingerprint density at radius 1 is 1.07 bits per heavy atom. The highest BCUT2D eigenvalue weighted by Crippen LogP contribution is 2.18. The van der Waals surface area contributed by atoms with Crippen LogP contribution < -0.4 is 0 Å². The summed E-state index contributed by atoms with van der Waals surface area (Å²) in [7, 11) is 0. The van der Waals surface area contributed by atoms with E-state index in [1.54, 1.807) is 0 Å². The van der Waals surface area contributed by atoms with Crippen LogP contribution in [0.3, 0.4) is 0 Å². The van der Waals surface area contributed by atoms with Gasteiger partial charge in [0.15, 0.2) is 0 Å². The molecule has 0 spiro atoms. The molecule has 0 aromatic rings. The lowest BCUT2D eigenvalue weighted by Crippen LogP contribution is -2.32. The van der Waals surface area contributed by atoms with E-state index in [1.807, 2.05) is 13.8 Å². The Morgan fingerprint density at radius 2 is 1.50 bits per heavy atom. The van der Waals surface area contributed by atoms with Crippen molar-refractivity contribution >= 4 is 6.29 Å². The average Bonchev–Trinajstić information content (AvgIpc) is 2.24. The summed E-state index contributed by atoms with van der Waals surface area (Å²) in [6.07, 6.45) is 3.21. The highest BCUT2D eigenvalue weighted by atomic mass is 16.3. The van der Waals surface area contributed by atoms with E-state index in [4.69, 9.17) is 15.3 Å². The molecule has 14 heavy (non-hydrogen) atoms. The summed E-state index contributed by atoms with van der Waals surface area (Å²) in [6, 6.07) is 0. The lowest BCUT2D eigenvalue weighted by molar-refractivity contribution is -0.107. The molecule has 4 heteroatoms. The number of aldehydes is 1. The molecule has 0 rings (SSSR count). The van der Waals surface area contributed by atoms with Gasteiger partial charge in [-0.1, -0.05) is 13.8 Å². The second-order valence-corrected chi connectivity index (χ2v) is 3.28. The molecule has 86 valence electrons. The Kier molecular flexibility index (Phi) is 12.1. The van der Waals surface area contributed by atoms with Crippen LogP contribution in [0.15, 0.2) is 0 Å². The van der Waals surface area contributed by atoms with Crippen molar-refractivity contribution in [2.45, 2.75) is 33.1 Å². The number of hydrogen-bond acceptors (Lipinski definition) is 4. The van der Waals surface area contributed by atoms with Crippen molar-refractivity contribution in [1.82, 2.24) is 0 Å². The van der Waals surface area contributed by atoms with Gasteiger partial charge in [-0.2, -0.15) is 0 Å². The third-order valence-corrected chi connectivity index (χ3v) is 2.16. The van der Waals surface area contributed by atoms with Crippen molar-refractivity contribution in [3.05, 3.63) is 0 Å². The molecule has 0 aromatic carbocycles. The summed E-state index contributed by atoms with van der Waals surface area (Å²) in [4.78, 5) is 9.40. The van der Waals surface area contributed by atoms with Gasteiger partial charge in [-0.25, -0.2) is 0 Å². The summed E-state index contributed by atoms with van der Waals surface area (Å²) in [5, 5.41) is 26.0. The Balaban J connectivity index is 0. The molecule has 0 aliphatic carbocycles. The van der Waals surface area contributed by atoms with Gasteiger partial charge in [-0.05, 0) is 12.8 Å². The molecule has 0 atom stereocenters. The predicted molar refractivity (Wildman–Crippen MR) is 55.0 cm³/mol. The first-order valence-corrected chi connectivity index (χ1v) is 4.92. The van der Waals surface area contributed by atoms with E-state index in [9.17, 15) is 4.79 Å². The SMILES string of the molecule is CCC(CO)(CO)CO.CCCC=O. The minimum Gasteiger partial charge on any atom is -0.396 e. The fourth-order valence-corrected chi connectivity index (χ4v) is 0.603. The summed E-state index contributed by atoms with van der Waals surface area (Å²) in [6.45, 7) is 3.33. The fraction of sp³-hybridized carbons (Fsp3) is 0.900. The Labute approximate surface area is 85.6 Å². The number of aliphatic hydroxyl groups excluding tert-OH is 3. The monoisotopic (exact) mass is 206 g/mol. The highest BCUT2D eigenvalue weighted by molar-refractivity contribution is 5.48. The van der Waals surface area contributed by atoms with Crippen LogP contribution in [0.1, 0.15) is 33.1 Å². The number of rotatable bonds is 6. The van der Waals surface area contributed by atoms with Crippen molar-refractivity contribution in [3.8, 4) is 0 Å². The zero-order valence-corrected chi connectivity index (χ0v) is 9.07. The van der Waals surface area contributed by atoms with Crippen molar-refractivity contribution < 1.29 is 20.1 Å². The molecule has 0 radical (unpaired) electrons. The van der Waals surface area contributed by atoms with E-state index in [0.29, 0.717) is 12.8 Å². The first-order valence-electron chi connectivity index (χ1n) is 4.92. The van der Waals surface area contributed by atoms with Gasteiger partial charge >= 0.3 is 0 Å². The molecule has 4 nitrogen and oxygen atoms in total. The normalized spacial score (nSPS) is 10.4. The third-order valence-electron chi connectivity index (χ3n) is 2.16. The van der Waals surface area contributed by atoms with Crippen LogP contribution in [0.4, 0.5) is 0 Å². The number of carbonyl (C=O) groups is 1. The Hall–Kier alpha value is -0.450. The largest absolute Gasteiger partial charge is 0.396 e. The standard InChI is InChI=1S/C6H14O3.C4H8O/c1-2-6(3-7,4-8)5-9;1-2-3-4-5/h7-9H,2-5H2,1H3;4H,2-3H2,1H3. The Morgan fingerprint density at radius 3 is 1.50 bits per heavy atom. The second-order valence-electron chi connectivity index (χ2n) is 3.28. The van der Waals surface area contributed by atoms with E-state index in [1.165, 1.54) is 0 Å². The van der Waals surface area contributed by atoms with Gasteiger partial charge in [0, 0.05) is 11.8 Å². The van der Waals surface area contributed by atoms with Gasteiger partial charge in [0.25, 0.3) is 0 Å². The number of aliphatic hydroxyl groups is 3. The molecular formula is C10H22O4. The zero-order valence-electron chi connectivity index (χ0n) is 9.07. The van der Waals surface area contributed by atoms with Crippen LogP contribution in [0, 0.1) is 5.41 Å².